The molecule has 84 valence electrons. The number of nitrogens with two attached hydrogens (primary N) is 1. The number of benzene rings is 2. The van der Waals surface area contributed by atoms with E-state index in [2.05, 4.69) is 31.2 Å². The summed E-state index contributed by atoms with van der Waals surface area (Å²) >= 11 is 0. The smallest absolute Gasteiger partial charge is 0.130 e. The Labute approximate surface area is 96.0 Å². The molecule has 0 amide bonds. The average Bonchev–Trinajstić information content (AvgIpc) is 2.35. The van der Waals surface area contributed by atoms with Gasteiger partial charge in [-0.05, 0) is 17.4 Å². The van der Waals surface area contributed by atoms with Crippen molar-refractivity contribution >= 4 is 10.8 Å². The van der Waals surface area contributed by atoms with Gasteiger partial charge in [0.1, 0.15) is 12.4 Å². The number of fused-ring (bicyclic) bond motifs is 1. The Morgan fingerprint density at radius 3 is 2.69 bits per heavy atom. The minimum Gasteiger partial charge on any atom is -0.491 e. The fourth-order valence-electron chi connectivity index (χ4n) is 1.90. The van der Waals surface area contributed by atoms with Crippen LogP contribution in [-0.4, -0.2) is 13.2 Å². The lowest BCUT2D eigenvalue weighted by atomic mass is 10.0. The molecule has 0 atom stereocenters. The van der Waals surface area contributed by atoms with Gasteiger partial charge in [0.25, 0.3) is 0 Å². The van der Waals surface area contributed by atoms with E-state index in [4.69, 9.17) is 10.5 Å². The molecule has 0 saturated carbocycles. The third-order valence-corrected chi connectivity index (χ3v) is 2.71. The molecule has 0 radical (unpaired) electrons. The fourth-order valence-corrected chi connectivity index (χ4v) is 1.90. The molecule has 0 fully saturated rings. The van der Waals surface area contributed by atoms with Gasteiger partial charge in [-0.15, -0.1) is 0 Å². The number of hydrogen-bond acceptors (Lipinski definition) is 2. The van der Waals surface area contributed by atoms with Crippen molar-refractivity contribution < 1.29 is 4.74 Å². The van der Waals surface area contributed by atoms with Crippen LogP contribution in [0, 0.1) is 0 Å². The summed E-state index contributed by atoms with van der Waals surface area (Å²) in [7, 11) is 0. The van der Waals surface area contributed by atoms with Crippen molar-refractivity contribution in [1.82, 2.24) is 0 Å². The van der Waals surface area contributed by atoms with Crippen LogP contribution < -0.4 is 10.5 Å². The third kappa shape index (κ3) is 2.02. The number of ether oxygens (including phenoxy) is 1. The minimum atomic E-state index is 0.548. The van der Waals surface area contributed by atoms with E-state index in [1.807, 2.05) is 12.1 Å². The Bertz CT molecular complexity index is 479. The van der Waals surface area contributed by atoms with Gasteiger partial charge in [-0.25, -0.2) is 0 Å². The molecule has 2 heteroatoms. The van der Waals surface area contributed by atoms with Gasteiger partial charge in [-0.2, -0.15) is 0 Å². The maximum absolute atomic E-state index is 5.77. The highest BCUT2D eigenvalue weighted by atomic mass is 16.5. The van der Waals surface area contributed by atoms with Gasteiger partial charge in [0, 0.05) is 11.9 Å². The molecule has 2 nitrogen and oxygen atoms in total. The third-order valence-electron chi connectivity index (χ3n) is 2.71. The molecule has 0 heterocycles. The molecule has 16 heavy (non-hydrogen) atoms. The van der Waals surface area contributed by atoms with E-state index < -0.39 is 0 Å². The molecule has 0 unspecified atom stereocenters. The summed E-state index contributed by atoms with van der Waals surface area (Å²) in [4.78, 5) is 0. The Morgan fingerprint density at radius 2 is 1.94 bits per heavy atom. The normalized spacial score (nSPS) is 10.6. The summed E-state index contributed by atoms with van der Waals surface area (Å²) in [5.41, 5.74) is 6.73. The van der Waals surface area contributed by atoms with Crippen molar-refractivity contribution in [3.8, 4) is 5.75 Å². The van der Waals surface area contributed by atoms with Crippen LogP contribution in [0.1, 0.15) is 12.5 Å². The first-order valence-electron chi connectivity index (χ1n) is 5.70. The van der Waals surface area contributed by atoms with Crippen LogP contribution in [0.4, 0.5) is 0 Å². The molecule has 0 spiro atoms. The monoisotopic (exact) mass is 215 g/mol. The van der Waals surface area contributed by atoms with Crippen molar-refractivity contribution in [3.63, 3.8) is 0 Å². The number of aryl methyl sites for hydroxylation is 1. The van der Waals surface area contributed by atoms with Crippen LogP contribution in [-0.2, 0) is 6.42 Å². The maximum atomic E-state index is 5.77. The van der Waals surface area contributed by atoms with Crippen molar-refractivity contribution in [2.24, 2.45) is 5.73 Å². The molecule has 2 aromatic rings. The van der Waals surface area contributed by atoms with Crippen molar-refractivity contribution in [3.05, 3.63) is 42.0 Å². The lowest BCUT2D eigenvalue weighted by Crippen LogP contribution is -2.11. The van der Waals surface area contributed by atoms with Gasteiger partial charge in [-0.1, -0.05) is 43.3 Å². The average molecular weight is 215 g/mol. The van der Waals surface area contributed by atoms with Crippen molar-refractivity contribution in [2.75, 3.05) is 13.2 Å². The van der Waals surface area contributed by atoms with Gasteiger partial charge in [0.05, 0.1) is 0 Å². The van der Waals surface area contributed by atoms with Crippen LogP contribution in [0.25, 0.3) is 10.8 Å². The fraction of sp³-hybridized carbons (Fsp3) is 0.286. The SMILES string of the molecule is CCc1ccc2ccccc2c1OCCN. The van der Waals surface area contributed by atoms with Gasteiger partial charge >= 0.3 is 0 Å². The number of rotatable bonds is 4. The molecular weight excluding hydrogens is 198 g/mol. The first-order chi connectivity index (χ1) is 7.86. The summed E-state index contributed by atoms with van der Waals surface area (Å²) < 4.78 is 5.77. The maximum Gasteiger partial charge on any atom is 0.130 e. The van der Waals surface area contributed by atoms with E-state index in [-0.39, 0.29) is 0 Å². The molecule has 2 rings (SSSR count). The van der Waals surface area contributed by atoms with Crippen LogP contribution >= 0.6 is 0 Å². The van der Waals surface area contributed by atoms with Crippen LogP contribution in [0.15, 0.2) is 36.4 Å². The summed E-state index contributed by atoms with van der Waals surface area (Å²) in [6, 6.07) is 12.6. The van der Waals surface area contributed by atoms with Crippen molar-refractivity contribution in [1.29, 1.82) is 0 Å². The zero-order valence-electron chi connectivity index (χ0n) is 9.57. The van der Waals surface area contributed by atoms with Gasteiger partial charge in [-0.3, -0.25) is 0 Å². The molecule has 0 aliphatic rings. The Hall–Kier alpha value is -1.54. The van der Waals surface area contributed by atoms with Gasteiger partial charge < -0.3 is 10.5 Å². The first-order valence-corrected chi connectivity index (χ1v) is 5.70. The summed E-state index contributed by atoms with van der Waals surface area (Å²) in [5.74, 6) is 0.992. The zero-order valence-corrected chi connectivity index (χ0v) is 9.57. The summed E-state index contributed by atoms with van der Waals surface area (Å²) in [6.45, 7) is 3.26. The van der Waals surface area contributed by atoms with E-state index in [9.17, 15) is 0 Å². The molecule has 0 aliphatic heterocycles. The zero-order chi connectivity index (χ0) is 11.4. The highest BCUT2D eigenvalue weighted by Gasteiger charge is 2.06. The molecule has 2 aromatic carbocycles. The van der Waals surface area contributed by atoms with E-state index >= 15 is 0 Å². The summed E-state index contributed by atoms with van der Waals surface area (Å²) in [5, 5.41) is 2.39. The Kier molecular flexibility index (Phi) is 3.42. The minimum absolute atomic E-state index is 0.548. The first kappa shape index (κ1) is 11.0. The summed E-state index contributed by atoms with van der Waals surface area (Å²) in [6.07, 6.45) is 0.977. The lowest BCUT2D eigenvalue weighted by Gasteiger charge is -2.12. The highest BCUT2D eigenvalue weighted by Crippen LogP contribution is 2.30. The van der Waals surface area contributed by atoms with Crippen molar-refractivity contribution in [2.45, 2.75) is 13.3 Å². The second-order valence-corrected chi connectivity index (χ2v) is 3.77. The second-order valence-electron chi connectivity index (χ2n) is 3.77. The molecular formula is C14H17NO. The molecule has 0 aliphatic carbocycles. The van der Waals surface area contributed by atoms with Gasteiger partial charge in [0.2, 0.25) is 0 Å². The topological polar surface area (TPSA) is 35.2 Å². The second kappa shape index (κ2) is 4.99. The predicted octanol–water partition coefficient (Wildman–Crippen LogP) is 2.74. The molecule has 2 N–H and O–H groups in total. The molecule has 0 bridgehead atoms. The largest absolute Gasteiger partial charge is 0.491 e. The van der Waals surface area contributed by atoms with E-state index in [1.54, 1.807) is 0 Å². The number of hydrogen-bond donors (Lipinski definition) is 1. The van der Waals surface area contributed by atoms with E-state index in [1.165, 1.54) is 16.3 Å². The lowest BCUT2D eigenvalue weighted by molar-refractivity contribution is 0.329. The van der Waals surface area contributed by atoms with E-state index in [0.29, 0.717) is 13.2 Å². The molecule has 0 aromatic heterocycles. The quantitative estimate of drug-likeness (QED) is 0.851. The predicted molar refractivity (Wildman–Crippen MR) is 67.9 cm³/mol. The Morgan fingerprint density at radius 1 is 1.12 bits per heavy atom. The molecule has 0 saturated heterocycles. The van der Waals surface area contributed by atoms with Crippen LogP contribution in [0.2, 0.25) is 0 Å². The Balaban J connectivity index is 2.54. The standard InChI is InChI=1S/C14H17NO/c1-2-11-7-8-12-5-3-4-6-13(12)14(11)16-10-9-15/h3-8H,2,9-10,15H2,1H3. The van der Waals surface area contributed by atoms with Crippen LogP contribution in [0.3, 0.4) is 0 Å². The van der Waals surface area contributed by atoms with Gasteiger partial charge in [0.15, 0.2) is 0 Å². The highest BCUT2D eigenvalue weighted by molar-refractivity contribution is 5.89. The van der Waals surface area contributed by atoms with E-state index in [0.717, 1.165) is 12.2 Å². The van der Waals surface area contributed by atoms with Crippen LogP contribution in [0.5, 0.6) is 5.75 Å².